The second-order valence-electron chi connectivity index (χ2n) is 7.37. The number of hydrogen-bond acceptors (Lipinski definition) is 8. The van der Waals surface area contributed by atoms with Gasteiger partial charge >= 0.3 is 6.03 Å². The summed E-state index contributed by atoms with van der Waals surface area (Å²) < 4.78 is 24.2. The molecule has 2 aromatic heterocycles. The smallest absolute Gasteiger partial charge is 0.325 e. The summed E-state index contributed by atoms with van der Waals surface area (Å²) in [6.07, 6.45) is 1.76. The Morgan fingerprint density at radius 1 is 1.00 bits per heavy atom. The minimum absolute atomic E-state index is 0.0272. The van der Waals surface area contributed by atoms with Crippen LogP contribution in [0.1, 0.15) is 5.69 Å². The SMILES string of the molecule is Cn1cc(-c2ccc(NC(=O)Nc3nc(CC(=O)Nc4ccc(S(N)(=O)=O)cc4)cs3)cc2)nn1. The van der Waals surface area contributed by atoms with Gasteiger partial charge in [0.1, 0.15) is 5.69 Å². The normalized spacial score (nSPS) is 11.1. The molecule has 180 valence electrons. The van der Waals surface area contributed by atoms with Crippen LogP contribution >= 0.6 is 11.3 Å². The van der Waals surface area contributed by atoms with E-state index < -0.39 is 16.1 Å². The zero-order valence-electron chi connectivity index (χ0n) is 18.3. The van der Waals surface area contributed by atoms with E-state index in [-0.39, 0.29) is 17.2 Å². The van der Waals surface area contributed by atoms with Gasteiger partial charge in [-0.15, -0.1) is 16.4 Å². The van der Waals surface area contributed by atoms with E-state index >= 15 is 0 Å². The number of carbonyl (C=O) groups is 2. The van der Waals surface area contributed by atoms with Gasteiger partial charge in [0, 0.05) is 29.4 Å². The van der Waals surface area contributed by atoms with Gasteiger partial charge < -0.3 is 10.6 Å². The van der Waals surface area contributed by atoms with Gasteiger partial charge in [-0.25, -0.2) is 23.3 Å². The van der Waals surface area contributed by atoms with Gasteiger partial charge in [-0.3, -0.25) is 14.8 Å². The number of hydrogen-bond donors (Lipinski definition) is 4. The number of urea groups is 1. The molecule has 0 fully saturated rings. The molecule has 0 bridgehead atoms. The maximum Gasteiger partial charge on any atom is 0.325 e. The van der Waals surface area contributed by atoms with Crippen LogP contribution in [0.3, 0.4) is 0 Å². The van der Waals surface area contributed by atoms with E-state index in [1.165, 1.54) is 35.6 Å². The Morgan fingerprint density at radius 2 is 1.66 bits per heavy atom. The van der Waals surface area contributed by atoms with E-state index in [0.717, 1.165) is 11.3 Å². The first kappa shape index (κ1) is 24.0. The van der Waals surface area contributed by atoms with Crippen LogP contribution in [-0.2, 0) is 28.3 Å². The lowest BCUT2D eigenvalue weighted by Gasteiger charge is -2.06. The summed E-state index contributed by atoms with van der Waals surface area (Å²) in [5, 5.41) is 23.0. The molecule has 2 aromatic carbocycles. The molecule has 0 atom stereocenters. The van der Waals surface area contributed by atoms with Gasteiger partial charge in [0.25, 0.3) is 0 Å². The molecule has 0 saturated heterocycles. The Balaban J connectivity index is 1.28. The Kier molecular flexibility index (Phi) is 6.86. The first-order chi connectivity index (χ1) is 16.7. The largest absolute Gasteiger partial charge is 0.326 e. The lowest BCUT2D eigenvalue weighted by atomic mass is 10.1. The Morgan fingerprint density at radius 3 is 2.29 bits per heavy atom. The molecular weight excluding hydrogens is 492 g/mol. The number of aromatic nitrogens is 4. The van der Waals surface area contributed by atoms with E-state index in [1.807, 2.05) is 12.1 Å². The molecular formula is C21H20N8O4S2. The molecule has 2 heterocycles. The number of nitrogens with zero attached hydrogens (tertiary/aromatic N) is 4. The van der Waals surface area contributed by atoms with Crippen LogP contribution in [0.2, 0.25) is 0 Å². The van der Waals surface area contributed by atoms with E-state index in [0.29, 0.717) is 22.2 Å². The minimum atomic E-state index is -3.80. The fourth-order valence-corrected chi connectivity index (χ4v) is 4.23. The van der Waals surface area contributed by atoms with Crippen LogP contribution in [-0.4, -0.2) is 40.3 Å². The standard InChI is InChI=1S/C21H20N8O4S2/c1-29-11-18(27-28-29)13-2-4-15(5-3-13)24-20(31)26-21-25-16(12-34-21)10-19(30)23-14-6-8-17(9-7-14)35(22,32)33/h2-9,11-12H,10H2,1H3,(H,23,30)(H2,22,32,33)(H2,24,25,26,31). The number of sulfonamides is 1. The van der Waals surface area contributed by atoms with Crippen LogP contribution in [0.15, 0.2) is 65.0 Å². The number of anilines is 3. The number of amides is 3. The van der Waals surface area contributed by atoms with Crippen molar-refractivity contribution in [3.05, 3.63) is 65.8 Å². The quantitative estimate of drug-likeness (QED) is 0.294. The Hall–Kier alpha value is -4.14. The first-order valence-electron chi connectivity index (χ1n) is 10.1. The van der Waals surface area contributed by atoms with Crippen molar-refractivity contribution in [2.24, 2.45) is 12.2 Å². The molecule has 35 heavy (non-hydrogen) atoms. The molecule has 3 amide bonds. The van der Waals surface area contributed by atoms with E-state index in [2.05, 4.69) is 31.2 Å². The summed E-state index contributed by atoms with van der Waals surface area (Å²) in [6, 6.07) is 12.1. The van der Waals surface area contributed by atoms with E-state index in [9.17, 15) is 18.0 Å². The molecule has 12 nitrogen and oxygen atoms in total. The zero-order valence-corrected chi connectivity index (χ0v) is 19.9. The predicted molar refractivity (Wildman–Crippen MR) is 131 cm³/mol. The molecule has 4 aromatic rings. The average Bonchev–Trinajstić information content (AvgIpc) is 3.42. The van der Waals surface area contributed by atoms with Gasteiger partial charge in [0.2, 0.25) is 15.9 Å². The maximum absolute atomic E-state index is 12.3. The second-order valence-corrected chi connectivity index (χ2v) is 9.79. The number of thiazole rings is 1. The predicted octanol–water partition coefficient (Wildman–Crippen LogP) is 2.41. The van der Waals surface area contributed by atoms with Crippen molar-refractivity contribution in [3.8, 4) is 11.3 Å². The number of rotatable bonds is 7. The van der Waals surface area contributed by atoms with Crippen molar-refractivity contribution in [2.45, 2.75) is 11.3 Å². The summed E-state index contributed by atoms with van der Waals surface area (Å²) in [5.74, 6) is -0.349. The first-order valence-corrected chi connectivity index (χ1v) is 12.5. The molecule has 0 aliphatic heterocycles. The number of nitrogens with two attached hydrogens (primary N) is 1. The molecule has 0 spiro atoms. The maximum atomic E-state index is 12.3. The third-order valence-corrected chi connectivity index (χ3v) is 6.36. The van der Waals surface area contributed by atoms with Gasteiger partial charge in [0.05, 0.1) is 23.2 Å². The van der Waals surface area contributed by atoms with Crippen molar-refractivity contribution in [1.29, 1.82) is 0 Å². The van der Waals surface area contributed by atoms with Crippen LogP contribution < -0.4 is 21.1 Å². The highest BCUT2D eigenvalue weighted by Crippen LogP contribution is 2.20. The van der Waals surface area contributed by atoms with Crippen molar-refractivity contribution in [1.82, 2.24) is 20.0 Å². The average molecular weight is 513 g/mol. The van der Waals surface area contributed by atoms with Crippen LogP contribution in [0.25, 0.3) is 11.3 Å². The highest BCUT2D eigenvalue weighted by atomic mass is 32.2. The van der Waals surface area contributed by atoms with Crippen LogP contribution in [0.5, 0.6) is 0 Å². The number of aryl methyl sites for hydroxylation is 1. The monoisotopic (exact) mass is 512 g/mol. The Labute approximate surface area is 204 Å². The third kappa shape index (κ3) is 6.47. The van der Waals surface area contributed by atoms with E-state index in [4.69, 9.17) is 5.14 Å². The third-order valence-electron chi connectivity index (χ3n) is 4.62. The molecule has 0 saturated carbocycles. The molecule has 14 heteroatoms. The summed E-state index contributed by atoms with van der Waals surface area (Å²) in [4.78, 5) is 28.8. The van der Waals surface area contributed by atoms with Crippen LogP contribution in [0.4, 0.5) is 21.3 Å². The van der Waals surface area contributed by atoms with Crippen molar-refractivity contribution in [2.75, 3.05) is 16.0 Å². The molecule has 0 aliphatic carbocycles. The van der Waals surface area contributed by atoms with Crippen molar-refractivity contribution >= 4 is 49.8 Å². The second kappa shape index (κ2) is 10.0. The summed E-state index contributed by atoms with van der Waals surface area (Å²) in [7, 11) is -2.02. The van der Waals surface area contributed by atoms with Gasteiger partial charge in [-0.1, -0.05) is 17.3 Å². The highest BCUT2D eigenvalue weighted by molar-refractivity contribution is 7.89. The molecule has 0 aliphatic rings. The lowest BCUT2D eigenvalue weighted by Crippen LogP contribution is -2.19. The summed E-state index contributed by atoms with van der Waals surface area (Å²) in [6.45, 7) is 0. The fourth-order valence-electron chi connectivity index (χ4n) is 3.01. The molecule has 0 unspecified atom stereocenters. The zero-order chi connectivity index (χ0) is 25.0. The van der Waals surface area contributed by atoms with Gasteiger partial charge in [-0.2, -0.15) is 0 Å². The van der Waals surface area contributed by atoms with Crippen LogP contribution in [0, 0.1) is 0 Å². The molecule has 0 radical (unpaired) electrons. The fraction of sp³-hybridized carbons (Fsp3) is 0.0952. The molecule has 4 rings (SSSR count). The minimum Gasteiger partial charge on any atom is -0.326 e. The number of primary sulfonamides is 1. The molecule has 5 N–H and O–H groups in total. The number of nitrogens with one attached hydrogen (secondary N) is 3. The number of carbonyl (C=O) groups excluding carboxylic acids is 2. The summed E-state index contributed by atoms with van der Waals surface area (Å²) in [5.41, 5.74) is 3.06. The summed E-state index contributed by atoms with van der Waals surface area (Å²) >= 11 is 1.18. The van der Waals surface area contributed by atoms with Gasteiger partial charge in [-0.05, 0) is 36.4 Å². The lowest BCUT2D eigenvalue weighted by molar-refractivity contribution is -0.115. The Bertz CT molecular complexity index is 1460. The number of benzene rings is 2. The van der Waals surface area contributed by atoms with Gasteiger partial charge in [0.15, 0.2) is 5.13 Å². The topological polar surface area (TPSA) is 174 Å². The van der Waals surface area contributed by atoms with Crippen molar-refractivity contribution in [3.63, 3.8) is 0 Å². The van der Waals surface area contributed by atoms with Crippen molar-refractivity contribution < 1.29 is 18.0 Å². The highest BCUT2D eigenvalue weighted by Gasteiger charge is 2.12. The van der Waals surface area contributed by atoms with E-state index in [1.54, 1.807) is 35.4 Å².